The monoisotopic (exact) mass is 193 g/mol. The number of ether oxygens (including phenoxy) is 1. The van der Waals surface area contributed by atoms with Crippen molar-refractivity contribution in [1.29, 1.82) is 0 Å². The summed E-state index contributed by atoms with van der Waals surface area (Å²) < 4.78 is 5.32. The molecule has 0 saturated carbocycles. The molecule has 1 aromatic heterocycles. The second-order valence-electron chi connectivity index (χ2n) is 3.50. The minimum absolute atomic E-state index is 0.520. The topological polar surface area (TPSA) is 38.2 Å². The summed E-state index contributed by atoms with van der Waals surface area (Å²) in [6.45, 7) is 1.70. The van der Waals surface area contributed by atoms with Gasteiger partial charge in [0.05, 0.1) is 0 Å². The van der Waals surface area contributed by atoms with Crippen molar-refractivity contribution in [2.75, 3.05) is 25.2 Å². The van der Waals surface area contributed by atoms with Gasteiger partial charge in [0.2, 0.25) is 5.95 Å². The summed E-state index contributed by atoms with van der Waals surface area (Å²) in [7, 11) is 2.05. The van der Waals surface area contributed by atoms with Gasteiger partial charge in [0.1, 0.15) is 0 Å². The highest BCUT2D eigenvalue weighted by atomic mass is 16.5. The van der Waals surface area contributed by atoms with Crippen molar-refractivity contribution in [2.24, 2.45) is 0 Å². The number of rotatable bonds is 2. The molecule has 0 N–H and O–H groups in total. The molecule has 0 radical (unpaired) electrons. The highest BCUT2D eigenvalue weighted by molar-refractivity contribution is 5.28. The summed E-state index contributed by atoms with van der Waals surface area (Å²) in [5.41, 5.74) is 0. The number of aromatic nitrogens is 2. The lowest BCUT2D eigenvalue weighted by molar-refractivity contribution is 0.0852. The van der Waals surface area contributed by atoms with Gasteiger partial charge in [-0.2, -0.15) is 0 Å². The van der Waals surface area contributed by atoms with Gasteiger partial charge in [-0.25, -0.2) is 9.97 Å². The molecule has 2 heterocycles. The molecule has 1 aliphatic heterocycles. The van der Waals surface area contributed by atoms with Crippen LogP contribution in [0.2, 0.25) is 0 Å². The Morgan fingerprint density at radius 1 is 1.29 bits per heavy atom. The quantitative estimate of drug-likeness (QED) is 0.704. The number of nitrogens with zero attached hydrogens (tertiary/aromatic N) is 3. The van der Waals surface area contributed by atoms with Gasteiger partial charge >= 0.3 is 0 Å². The van der Waals surface area contributed by atoms with Crippen molar-refractivity contribution in [3.05, 3.63) is 18.5 Å². The Kier molecular flexibility index (Phi) is 2.93. The fraction of sp³-hybridized carbons (Fsp3) is 0.600. The van der Waals surface area contributed by atoms with Crippen LogP contribution in [0, 0.1) is 0 Å². The number of hydrogen-bond acceptors (Lipinski definition) is 4. The zero-order valence-corrected chi connectivity index (χ0v) is 8.39. The van der Waals surface area contributed by atoms with Crippen molar-refractivity contribution in [2.45, 2.75) is 18.9 Å². The van der Waals surface area contributed by atoms with Crippen molar-refractivity contribution in [1.82, 2.24) is 9.97 Å². The predicted molar refractivity (Wildman–Crippen MR) is 54.3 cm³/mol. The van der Waals surface area contributed by atoms with Gasteiger partial charge in [0.15, 0.2) is 0 Å². The van der Waals surface area contributed by atoms with E-state index < -0.39 is 0 Å². The summed E-state index contributed by atoms with van der Waals surface area (Å²) in [6, 6.07) is 2.35. The molecule has 0 aromatic carbocycles. The lowest BCUT2D eigenvalue weighted by Crippen LogP contribution is -2.37. The summed E-state index contributed by atoms with van der Waals surface area (Å²) in [5, 5.41) is 0. The fourth-order valence-electron chi connectivity index (χ4n) is 1.71. The van der Waals surface area contributed by atoms with Crippen LogP contribution in [-0.2, 0) is 4.74 Å². The van der Waals surface area contributed by atoms with Crippen LogP contribution in [0.4, 0.5) is 5.95 Å². The molecule has 0 aliphatic carbocycles. The summed E-state index contributed by atoms with van der Waals surface area (Å²) >= 11 is 0. The van der Waals surface area contributed by atoms with E-state index in [1.807, 2.05) is 13.1 Å². The first-order chi connectivity index (χ1) is 6.88. The molecule has 1 fully saturated rings. The molecular weight excluding hydrogens is 178 g/mol. The highest BCUT2D eigenvalue weighted by Crippen LogP contribution is 2.16. The van der Waals surface area contributed by atoms with Gasteiger partial charge < -0.3 is 9.64 Å². The molecule has 4 nitrogen and oxygen atoms in total. The standard InChI is InChI=1S/C10H15N3O/c1-13(9-3-7-14-8-4-9)10-11-5-2-6-12-10/h2,5-6,9H,3-4,7-8H2,1H3. The van der Waals surface area contributed by atoms with Crippen LogP contribution in [-0.4, -0.2) is 36.3 Å². The van der Waals surface area contributed by atoms with Gasteiger partial charge in [0, 0.05) is 38.7 Å². The second kappa shape index (κ2) is 4.37. The van der Waals surface area contributed by atoms with Crippen molar-refractivity contribution in [3.63, 3.8) is 0 Å². The summed E-state index contributed by atoms with van der Waals surface area (Å²) in [4.78, 5) is 10.6. The first-order valence-electron chi connectivity index (χ1n) is 4.95. The van der Waals surface area contributed by atoms with Crippen LogP contribution in [0.15, 0.2) is 18.5 Å². The Balaban J connectivity index is 2.03. The molecule has 0 spiro atoms. The van der Waals surface area contributed by atoms with Crippen LogP contribution < -0.4 is 4.90 Å². The van der Waals surface area contributed by atoms with E-state index in [0.29, 0.717) is 6.04 Å². The first kappa shape index (κ1) is 9.40. The lowest BCUT2D eigenvalue weighted by atomic mass is 10.1. The van der Waals surface area contributed by atoms with E-state index in [0.717, 1.165) is 32.0 Å². The summed E-state index contributed by atoms with van der Waals surface area (Å²) in [6.07, 6.45) is 5.68. The average molecular weight is 193 g/mol. The normalized spacial score (nSPS) is 18.1. The average Bonchev–Trinajstić information content (AvgIpc) is 2.30. The predicted octanol–water partition coefficient (Wildman–Crippen LogP) is 1.09. The lowest BCUT2D eigenvalue weighted by Gasteiger charge is -2.30. The van der Waals surface area contributed by atoms with Crippen LogP contribution in [0.5, 0.6) is 0 Å². The fourth-order valence-corrected chi connectivity index (χ4v) is 1.71. The van der Waals surface area contributed by atoms with Crippen LogP contribution >= 0.6 is 0 Å². The van der Waals surface area contributed by atoms with Gasteiger partial charge in [-0.15, -0.1) is 0 Å². The third-order valence-corrected chi connectivity index (χ3v) is 2.61. The molecule has 4 heteroatoms. The van der Waals surface area contributed by atoms with E-state index in [-0.39, 0.29) is 0 Å². The Labute approximate surface area is 83.9 Å². The minimum Gasteiger partial charge on any atom is -0.381 e. The van der Waals surface area contributed by atoms with Gasteiger partial charge in [0.25, 0.3) is 0 Å². The van der Waals surface area contributed by atoms with Crippen LogP contribution in [0.1, 0.15) is 12.8 Å². The summed E-state index contributed by atoms with van der Waals surface area (Å²) in [5.74, 6) is 0.805. The zero-order chi connectivity index (χ0) is 9.80. The van der Waals surface area contributed by atoms with E-state index in [1.54, 1.807) is 12.4 Å². The molecule has 1 aliphatic rings. The minimum atomic E-state index is 0.520. The molecule has 0 bridgehead atoms. The van der Waals surface area contributed by atoms with E-state index in [2.05, 4.69) is 14.9 Å². The molecule has 1 aromatic rings. The van der Waals surface area contributed by atoms with Crippen LogP contribution in [0.25, 0.3) is 0 Å². The molecule has 0 unspecified atom stereocenters. The maximum atomic E-state index is 5.32. The Bertz CT molecular complexity index is 272. The third kappa shape index (κ3) is 2.01. The number of hydrogen-bond donors (Lipinski definition) is 0. The van der Waals surface area contributed by atoms with E-state index in [4.69, 9.17) is 4.74 Å². The SMILES string of the molecule is CN(c1ncccn1)C1CCOCC1. The largest absolute Gasteiger partial charge is 0.381 e. The Morgan fingerprint density at radius 2 is 1.93 bits per heavy atom. The Morgan fingerprint density at radius 3 is 2.57 bits per heavy atom. The molecule has 2 rings (SSSR count). The highest BCUT2D eigenvalue weighted by Gasteiger charge is 2.19. The maximum absolute atomic E-state index is 5.32. The van der Waals surface area contributed by atoms with Crippen LogP contribution in [0.3, 0.4) is 0 Å². The molecular formula is C10H15N3O. The molecule has 1 saturated heterocycles. The number of anilines is 1. The molecule has 0 amide bonds. The second-order valence-corrected chi connectivity index (χ2v) is 3.50. The zero-order valence-electron chi connectivity index (χ0n) is 8.39. The van der Waals surface area contributed by atoms with Gasteiger partial charge in [-0.1, -0.05) is 0 Å². The van der Waals surface area contributed by atoms with Gasteiger partial charge in [-0.3, -0.25) is 0 Å². The smallest absolute Gasteiger partial charge is 0.225 e. The molecule has 76 valence electrons. The van der Waals surface area contributed by atoms with Crippen molar-refractivity contribution >= 4 is 5.95 Å². The van der Waals surface area contributed by atoms with Crippen molar-refractivity contribution < 1.29 is 4.74 Å². The van der Waals surface area contributed by atoms with E-state index in [9.17, 15) is 0 Å². The molecule has 0 atom stereocenters. The Hall–Kier alpha value is -1.16. The van der Waals surface area contributed by atoms with Gasteiger partial charge in [-0.05, 0) is 18.9 Å². The molecule has 14 heavy (non-hydrogen) atoms. The van der Waals surface area contributed by atoms with E-state index in [1.165, 1.54) is 0 Å². The third-order valence-electron chi connectivity index (χ3n) is 2.61. The first-order valence-corrected chi connectivity index (χ1v) is 4.95. The maximum Gasteiger partial charge on any atom is 0.225 e. The van der Waals surface area contributed by atoms with Crippen molar-refractivity contribution in [3.8, 4) is 0 Å². The van der Waals surface area contributed by atoms with E-state index >= 15 is 0 Å².